The summed E-state index contributed by atoms with van der Waals surface area (Å²) in [5, 5.41) is 3.22. The van der Waals surface area contributed by atoms with Crippen LogP contribution in [0.2, 0.25) is 0 Å². The first-order valence-corrected chi connectivity index (χ1v) is 7.47. The lowest BCUT2D eigenvalue weighted by atomic mass is 9.99. The molecule has 0 saturated carbocycles. The molecule has 2 rings (SSSR count). The Bertz CT molecular complexity index is 447. The Balaban J connectivity index is 2.05. The normalized spacial score (nSPS) is 21.7. The van der Waals surface area contributed by atoms with Gasteiger partial charge in [-0.1, -0.05) is 0 Å². The van der Waals surface area contributed by atoms with Gasteiger partial charge >= 0.3 is 0 Å². The van der Waals surface area contributed by atoms with Gasteiger partial charge in [0, 0.05) is 31.2 Å². The van der Waals surface area contributed by atoms with E-state index in [1.54, 1.807) is 0 Å². The van der Waals surface area contributed by atoms with Crippen molar-refractivity contribution in [2.45, 2.75) is 38.5 Å². The minimum absolute atomic E-state index is 0.0254. The fourth-order valence-electron chi connectivity index (χ4n) is 2.81. The zero-order chi connectivity index (χ0) is 15.4. The van der Waals surface area contributed by atoms with Gasteiger partial charge in [-0.3, -0.25) is 4.90 Å². The highest BCUT2D eigenvalue weighted by atomic mass is 19.1. The van der Waals surface area contributed by atoms with Gasteiger partial charge in [-0.05, 0) is 45.0 Å². The summed E-state index contributed by atoms with van der Waals surface area (Å²) >= 11 is 0. The summed E-state index contributed by atoms with van der Waals surface area (Å²) in [6, 6.07) is 4.18. The van der Waals surface area contributed by atoms with E-state index in [4.69, 9.17) is 4.74 Å². The molecule has 1 aliphatic heterocycles. The fourth-order valence-corrected chi connectivity index (χ4v) is 2.81. The highest BCUT2D eigenvalue weighted by molar-refractivity contribution is 5.19. The second-order valence-electron chi connectivity index (χ2n) is 5.87. The zero-order valence-corrected chi connectivity index (χ0v) is 12.9. The minimum Gasteiger partial charge on any atom is -0.374 e. The van der Waals surface area contributed by atoms with Crippen LogP contribution < -0.4 is 5.32 Å². The van der Waals surface area contributed by atoms with Gasteiger partial charge in [0.1, 0.15) is 11.6 Å². The second kappa shape index (κ2) is 7.29. The van der Waals surface area contributed by atoms with Gasteiger partial charge in [0.05, 0.1) is 12.7 Å². The highest BCUT2D eigenvalue weighted by Gasteiger charge is 2.28. The Hall–Kier alpha value is -1.04. The van der Waals surface area contributed by atoms with Crippen LogP contribution in [0.15, 0.2) is 18.2 Å². The Kier molecular flexibility index (Phi) is 5.67. The Morgan fingerprint density at radius 1 is 1.29 bits per heavy atom. The summed E-state index contributed by atoms with van der Waals surface area (Å²) in [5.74, 6) is -1.07. The van der Waals surface area contributed by atoms with Crippen LogP contribution in [-0.2, 0) is 11.2 Å². The first-order chi connectivity index (χ1) is 9.99. The van der Waals surface area contributed by atoms with Crippen molar-refractivity contribution in [3.63, 3.8) is 0 Å². The minimum atomic E-state index is -0.534. The molecule has 0 spiro atoms. The molecule has 5 heteroatoms. The third-order valence-corrected chi connectivity index (χ3v) is 4.05. The molecule has 0 aromatic heterocycles. The third-order valence-electron chi connectivity index (χ3n) is 4.05. The monoisotopic (exact) mass is 298 g/mol. The van der Waals surface area contributed by atoms with Crippen molar-refractivity contribution in [1.82, 2.24) is 10.2 Å². The van der Waals surface area contributed by atoms with E-state index in [1.165, 1.54) is 12.1 Å². The largest absolute Gasteiger partial charge is 0.374 e. The van der Waals surface area contributed by atoms with Crippen LogP contribution in [0.4, 0.5) is 8.78 Å². The van der Waals surface area contributed by atoms with E-state index in [1.807, 2.05) is 7.05 Å². The van der Waals surface area contributed by atoms with Gasteiger partial charge in [-0.25, -0.2) is 8.78 Å². The van der Waals surface area contributed by atoms with Gasteiger partial charge in [0.25, 0.3) is 0 Å². The van der Waals surface area contributed by atoms with Gasteiger partial charge < -0.3 is 10.1 Å². The molecule has 1 aliphatic rings. The maximum atomic E-state index is 13.3. The van der Waals surface area contributed by atoms with E-state index in [-0.39, 0.29) is 12.1 Å². The molecule has 0 aliphatic carbocycles. The van der Waals surface area contributed by atoms with Gasteiger partial charge in [-0.2, -0.15) is 0 Å². The molecular formula is C16H24F2N2O. The molecule has 0 bridgehead atoms. The first-order valence-electron chi connectivity index (χ1n) is 7.47. The average Bonchev–Trinajstić information content (AvgIpc) is 2.44. The van der Waals surface area contributed by atoms with Crippen molar-refractivity contribution in [3.05, 3.63) is 35.4 Å². The van der Waals surface area contributed by atoms with Crippen LogP contribution in [0.5, 0.6) is 0 Å². The molecule has 1 saturated heterocycles. The van der Waals surface area contributed by atoms with Crippen LogP contribution in [0, 0.1) is 11.6 Å². The van der Waals surface area contributed by atoms with Crippen molar-refractivity contribution in [2.24, 2.45) is 0 Å². The molecule has 1 N–H and O–H groups in total. The molecule has 0 amide bonds. The number of morpholine rings is 1. The maximum Gasteiger partial charge on any atom is 0.126 e. The van der Waals surface area contributed by atoms with E-state index >= 15 is 0 Å². The second-order valence-corrected chi connectivity index (χ2v) is 5.87. The first kappa shape index (κ1) is 16.3. The summed E-state index contributed by atoms with van der Waals surface area (Å²) < 4.78 is 32.4. The lowest BCUT2D eigenvalue weighted by molar-refractivity contribution is -0.0542. The number of hydrogen-bond acceptors (Lipinski definition) is 3. The Labute approximate surface area is 125 Å². The number of nitrogens with one attached hydrogen (secondary N) is 1. The van der Waals surface area contributed by atoms with Crippen molar-refractivity contribution in [3.8, 4) is 0 Å². The fraction of sp³-hybridized carbons (Fsp3) is 0.625. The summed E-state index contributed by atoms with van der Waals surface area (Å²) in [4.78, 5) is 2.37. The molecule has 1 aromatic carbocycles. The van der Waals surface area contributed by atoms with E-state index in [2.05, 4.69) is 24.1 Å². The van der Waals surface area contributed by atoms with Crippen LogP contribution >= 0.6 is 0 Å². The Morgan fingerprint density at radius 2 is 1.95 bits per heavy atom. The van der Waals surface area contributed by atoms with Crippen LogP contribution in [0.3, 0.4) is 0 Å². The number of halogens is 2. The molecule has 2 unspecified atom stereocenters. The number of hydrogen-bond donors (Lipinski definition) is 1. The van der Waals surface area contributed by atoms with Crippen molar-refractivity contribution >= 4 is 0 Å². The summed E-state index contributed by atoms with van der Waals surface area (Å²) in [6.07, 6.45) is 0.569. The quantitative estimate of drug-likeness (QED) is 0.902. The zero-order valence-electron chi connectivity index (χ0n) is 12.9. The van der Waals surface area contributed by atoms with Gasteiger partial charge in [0.15, 0.2) is 0 Å². The predicted octanol–water partition coefficient (Wildman–Crippen LogP) is 2.20. The Morgan fingerprint density at radius 3 is 2.52 bits per heavy atom. The van der Waals surface area contributed by atoms with Gasteiger partial charge in [0.2, 0.25) is 0 Å². The number of nitrogens with zero attached hydrogens (tertiary/aromatic N) is 1. The summed E-state index contributed by atoms with van der Waals surface area (Å²) in [5.41, 5.74) is 0.650. The molecule has 1 aromatic rings. The number of ether oxygens (including phenoxy) is 1. The van der Waals surface area contributed by atoms with Crippen molar-refractivity contribution in [2.75, 3.05) is 26.7 Å². The van der Waals surface area contributed by atoms with E-state index < -0.39 is 11.6 Å². The third kappa shape index (κ3) is 4.46. The molecule has 21 heavy (non-hydrogen) atoms. The molecule has 118 valence electrons. The number of rotatable bonds is 5. The van der Waals surface area contributed by atoms with E-state index in [0.29, 0.717) is 24.6 Å². The topological polar surface area (TPSA) is 24.5 Å². The predicted molar refractivity (Wildman–Crippen MR) is 79.4 cm³/mol. The van der Waals surface area contributed by atoms with Crippen molar-refractivity contribution in [1.29, 1.82) is 0 Å². The van der Waals surface area contributed by atoms with Crippen LogP contribution in [0.25, 0.3) is 0 Å². The molecule has 1 heterocycles. The molecular weight excluding hydrogens is 274 g/mol. The summed E-state index contributed by atoms with van der Waals surface area (Å²) in [7, 11) is 1.86. The van der Waals surface area contributed by atoms with Gasteiger partial charge in [-0.15, -0.1) is 0 Å². The molecule has 0 radical (unpaired) electrons. The smallest absolute Gasteiger partial charge is 0.126 e. The van der Waals surface area contributed by atoms with E-state index in [0.717, 1.165) is 19.2 Å². The lowest BCUT2D eigenvalue weighted by Gasteiger charge is -2.39. The molecule has 2 atom stereocenters. The SMILES string of the molecule is CNC(Cc1cc(F)cc(F)c1)C1CN(C(C)C)CCO1. The van der Waals surface area contributed by atoms with Crippen LogP contribution in [0.1, 0.15) is 19.4 Å². The lowest BCUT2D eigenvalue weighted by Crippen LogP contribution is -2.53. The molecule has 1 fully saturated rings. The van der Waals surface area contributed by atoms with Crippen LogP contribution in [-0.4, -0.2) is 49.8 Å². The maximum absolute atomic E-state index is 13.3. The number of benzene rings is 1. The average molecular weight is 298 g/mol. The molecule has 3 nitrogen and oxygen atoms in total. The van der Waals surface area contributed by atoms with E-state index in [9.17, 15) is 8.78 Å². The summed E-state index contributed by atoms with van der Waals surface area (Å²) in [6.45, 7) is 6.79. The highest BCUT2D eigenvalue weighted by Crippen LogP contribution is 2.16. The van der Waals surface area contributed by atoms with Crippen molar-refractivity contribution < 1.29 is 13.5 Å². The standard InChI is InChI=1S/C16H24F2N2O/c1-11(2)20-4-5-21-16(10-20)15(19-3)8-12-6-13(17)9-14(18)7-12/h6-7,9,11,15-16,19H,4-5,8,10H2,1-3H3. The number of likely N-dealkylation sites (N-methyl/N-ethyl adjacent to an activating group) is 1.